The number of hydrogen-bond acceptors (Lipinski definition) is 6. The van der Waals surface area contributed by atoms with Crippen molar-refractivity contribution in [2.24, 2.45) is 11.7 Å². The Morgan fingerprint density at radius 3 is 2.51 bits per heavy atom. The first kappa shape index (κ1) is 27.9. The number of imidazole rings is 1. The molecule has 200 valence electrons. The van der Waals surface area contributed by atoms with E-state index in [0.29, 0.717) is 31.5 Å². The first-order chi connectivity index (χ1) is 17.7. The van der Waals surface area contributed by atoms with Crippen molar-refractivity contribution in [1.29, 1.82) is 0 Å². The summed E-state index contributed by atoms with van der Waals surface area (Å²) in [6, 6.07) is 5.58. The van der Waals surface area contributed by atoms with Gasteiger partial charge in [0.1, 0.15) is 18.1 Å². The molecule has 1 fully saturated rings. The molecule has 11 heteroatoms. The van der Waals surface area contributed by atoms with E-state index in [2.05, 4.69) is 20.6 Å². The second-order valence-electron chi connectivity index (χ2n) is 9.53. The van der Waals surface area contributed by atoms with Gasteiger partial charge in [0.2, 0.25) is 17.7 Å². The lowest BCUT2D eigenvalue weighted by atomic mass is 9.98. The number of nitrogens with two attached hydrogens (primary N) is 1. The zero-order valence-electron chi connectivity index (χ0n) is 21.2. The van der Waals surface area contributed by atoms with Crippen molar-refractivity contribution in [1.82, 2.24) is 25.5 Å². The fraction of sp³-hybridized carbons (Fsp3) is 0.500. The number of hydrogen-bond donors (Lipinski definition) is 5. The van der Waals surface area contributed by atoms with Crippen LogP contribution in [0.5, 0.6) is 0 Å². The molecule has 0 aliphatic carbocycles. The van der Waals surface area contributed by atoms with E-state index in [4.69, 9.17) is 5.73 Å². The zero-order valence-corrected chi connectivity index (χ0v) is 21.2. The van der Waals surface area contributed by atoms with Gasteiger partial charge in [-0.05, 0) is 24.3 Å². The number of aromatic nitrogens is 2. The molecule has 11 nitrogen and oxygen atoms in total. The molecule has 1 saturated heterocycles. The molecule has 1 aromatic carbocycles. The average Bonchev–Trinajstić information content (AvgIpc) is 3.59. The average molecular weight is 513 g/mol. The van der Waals surface area contributed by atoms with E-state index in [1.54, 1.807) is 0 Å². The number of carboxylic acids is 1. The molecule has 6 N–H and O–H groups in total. The Labute approximate surface area is 216 Å². The summed E-state index contributed by atoms with van der Waals surface area (Å²) < 4.78 is 0. The highest BCUT2D eigenvalue weighted by Gasteiger charge is 2.39. The van der Waals surface area contributed by atoms with Gasteiger partial charge in [-0.3, -0.25) is 14.4 Å². The van der Waals surface area contributed by atoms with Crippen LogP contribution in [0.25, 0.3) is 0 Å². The predicted molar refractivity (Wildman–Crippen MR) is 136 cm³/mol. The lowest BCUT2D eigenvalue weighted by Gasteiger charge is -2.30. The van der Waals surface area contributed by atoms with Gasteiger partial charge >= 0.3 is 5.97 Å². The summed E-state index contributed by atoms with van der Waals surface area (Å²) in [6.45, 7) is 4.14. The largest absolute Gasteiger partial charge is 0.480 e. The lowest BCUT2D eigenvalue weighted by Crippen LogP contribution is -2.58. The number of carboxylic acid groups (broad SMARTS) is 1. The Kier molecular flexibility index (Phi) is 9.78. The van der Waals surface area contributed by atoms with Gasteiger partial charge in [0, 0.05) is 31.3 Å². The second kappa shape index (κ2) is 13.0. The summed E-state index contributed by atoms with van der Waals surface area (Å²) in [7, 11) is 0. The van der Waals surface area contributed by atoms with Gasteiger partial charge in [-0.2, -0.15) is 0 Å². The summed E-state index contributed by atoms with van der Waals surface area (Å²) in [6.07, 6.45) is 4.88. The van der Waals surface area contributed by atoms with Crippen molar-refractivity contribution in [3.8, 4) is 0 Å². The molecule has 1 aliphatic heterocycles. The monoisotopic (exact) mass is 512 g/mol. The molecule has 0 bridgehead atoms. The molecular formula is C26H36N6O5. The van der Waals surface area contributed by atoms with Crippen LogP contribution in [0.1, 0.15) is 44.4 Å². The molecule has 1 aromatic heterocycles. The predicted octanol–water partition coefficient (Wildman–Crippen LogP) is 0.614. The molecule has 37 heavy (non-hydrogen) atoms. The summed E-state index contributed by atoms with van der Waals surface area (Å²) >= 11 is 0. The Morgan fingerprint density at radius 1 is 1.16 bits per heavy atom. The van der Waals surface area contributed by atoms with E-state index in [1.165, 1.54) is 17.4 Å². The summed E-state index contributed by atoms with van der Waals surface area (Å²) in [5.74, 6) is -2.62. The fourth-order valence-corrected chi connectivity index (χ4v) is 4.42. The van der Waals surface area contributed by atoms with Crippen LogP contribution < -0.4 is 16.4 Å². The number of aliphatic carboxylic acids is 1. The molecule has 1 aliphatic rings. The molecule has 0 radical (unpaired) electrons. The maximum absolute atomic E-state index is 13.7. The Bertz CT molecular complexity index is 1060. The Hall–Kier alpha value is -3.73. The number of carbonyl (C=O) groups excluding carboxylic acids is 3. The van der Waals surface area contributed by atoms with Crippen LogP contribution in [0.4, 0.5) is 0 Å². The lowest BCUT2D eigenvalue weighted by molar-refractivity contribution is -0.145. The van der Waals surface area contributed by atoms with E-state index < -0.39 is 47.9 Å². The topological polar surface area (TPSA) is 171 Å². The van der Waals surface area contributed by atoms with Gasteiger partial charge in [0.05, 0.1) is 12.4 Å². The van der Waals surface area contributed by atoms with Crippen LogP contribution in [0.3, 0.4) is 0 Å². The first-order valence-corrected chi connectivity index (χ1v) is 12.6. The zero-order chi connectivity index (χ0) is 26.9. The van der Waals surface area contributed by atoms with Gasteiger partial charge in [-0.15, -0.1) is 0 Å². The van der Waals surface area contributed by atoms with Crippen LogP contribution in [0.15, 0.2) is 42.9 Å². The minimum Gasteiger partial charge on any atom is -0.480 e. The van der Waals surface area contributed by atoms with Gasteiger partial charge in [0.15, 0.2) is 0 Å². The van der Waals surface area contributed by atoms with Crippen LogP contribution in [0, 0.1) is 5.92 Å². The summed E-state index contributed by atoms with van der Waals surface area (Å²) in [4.78, 5) is 59.7. The summed E-state index contributed by atoms with van der Waals surface area (Å²) in [5.41, 5.74) is 7.53. The third-order valence-corrected chi connectivity index (χ3v) is 6.89. The number of aromatic amines is 1. The van der Waals surface area contributed by atoms with Crippen molar-refractivity contribution in [2.75, 3.05) is 6.54 Å². The van der Waals surface area contributed by atoms with Crippen molar-refractivity contribution >= 4 is 23.7 Å². The molecule has 2 heterocycles. The third kappa shape index (κ3) is 7.39. The van der Waals surface area contributed by atoms with E-state index in [1.807, 2.05) is 44.2 Å². The molecule has 0 spiro atoms. The molecule has 0 saturated carbocycles. The standard InChI is InChI=1S/C26H36N6O5/c1-3-16(2)22(27)24(34)30-19(12-17-8-5-4-6-9-17)25(35)32-11-7-10-21(32)23(33)31-20(26(36)37)13-18-14-28-15-29-18/h4-6,8-9,14-16,19-22H,3,7,10-13,27H2,1-2H3,(H,28,29)(H,30,34)(H,31,33)(H,36,37). The number of nitrogens with zero attached hydrogens (tertiary/aromatic N) is 2. The normalized spacial score (nSPS) is 18.5. The van der Waals surface area contributed by atoms with E-state index >= 15 is 0 Å². The minimum atomic E-state index is -1.19. The van der Waals surface area contributed by atoms with E-state index in [9.17, 15) is 24.3 Å². The second-order valence-corrected chi connectivity index (χ2v) is 9.53. The third-order valence-electron chi connectivity index (χ3n) is 6.89. The molecule has 5 unspecified atom stereocenters. The number of rotatable bonds is 12. The number of nitrogens with one attached hydrogen (secondary N) is 3. The van der Waals surface area contributed by atoms with Gasteiger partial charge in [-0.1, -0.05) is 50.6 Å². The van der Waals surface area contributed by atoms with Gasteiger partial charge in [0.25, 0.3) is 0 Å². The maximum Gasteiger partial charge on any atom is 0.326 e. The number of amides is 3. The van der Waals surface area contributed by atoms with Crippen molar-refractivity contribution < 1.29 is 24.3 Å². The van der Waals surface area contributed by atoms with Crippen molar-refractivity contribution in [2.45, 2.75) is 70.1 Å². The van der Waals surface area contributed by atoms with E-state index in [0.717, 1.165) is 5.56 Å². The number of likely N-dealkylation sites (tertiary alicyclic amines) is 1. The maximum atomic E-state index is 13.7. The number of benzene rings is 1. The van der Waals surface area contributed by atoms with Crippen LogP contribution in [0.2, 0.25) is 0 Å². The highest BCUT2D eigenvalue weighted by atomic mass is 16.4. The first-order valence-electron chi connectivity index (χ1n) is 12.6. The summed E-state index contributed by atoms with van der Waals surface area (Å²) in [5, 5.41) is 15.0. The van der Waals surface area contributed by atoms with Crippen LogP contribution in [-0.2, 0) is 32.0 Å². The molecule has 2 aromatic rings. The molecule has 3 rings (SSSR count). The van der Waals surface area contributed by atoms with E-state index in [-0.39, 0.29) is 18.8 Å². The molecule has 5 atom stereocenters. The van der Waals surface area contributed by atoms with Gasteiger partial charge < -0.3 is 31.4 Å². The molecule has 3 amide bonds. The SMILES string of the molecule is CCC(C)C(N)C(=O)NC(Cc1ccccc1)C(=O)N1CCCC1C(=O)NC(Cc1cnc[nH]1)C(=O)O. The minimum absolute atomic E-state index is 0.0297. The van der Waals surface area contributed by atoms with Crippen LogP contribution in [-0.4, -0.2) is 74.4 Å². The fourth-order valence-electron chi connectivity index (χ4n) is 4.42. The van der Waals surface area contributed by atoms with Crippen molar-refractivity contribution in [3.05, 3.63) is 54.1 Å². The Balaban J connectivity index is 1.76. The Morgan fingerprint density at radius 2 is 1.89 bits per heavy atom. The number of H-pyrrole nitrogens is 1. The van der Waals surface area contributed by atoms with Crippen molar-refractivity contribution in [3.63, 3.8) is 0 Å². The van der Waals surface area contributed by atoms with Gasteiger partial charge in [-0.25, -0.2) is 9.78 Å². The molecular weight excluding hydrogens is 476 g/mol. The highest BCUT2D eigenvalue weighted by molar-refractivity contribution is 5.94. The quantitative estimate of drug-likeness (QED) is 0.277. The smallest absolute Gasteiger partial charge is 0.326 e. The number of carbonyl (C=O) groups is 4. The van der Waals surface area contributed by atoms with Crippen LogP contribution >= 0.6 is 0 Å². The highest BCUT2D eigenvalue weighted by Crippen LogP contribution is 2.20.